The third-order valence-electron chi connectivity index (χ3n) is 2.55. The number of rotatable bonds is 5. The van der Waals surface area contributed by atoms with Gasteiger partial charge in [-0.05, 0) is 31.8 Å². The molecule has 4 nitrogen and oxygen atoms in total. The Kier molecular flexibility index (Phi) is 4.97. The van der Waals surface area contributed by atoms with E-state index >= 15 is 0 Å². The number of carbonyl (C=O) groups is 1. The van der Waals surface area contributed by atoms with E-state index in [1.807, 2.05) is 43.3 Å². The van der Waals surface area contributed by atoms with E-state index in [-0.39, 0.29) is 11.9 Å². The van der Waals surface area contributed by atoms with Crippen LogP contribution in [0.1, 0.15) is 11.5 Å². The van der Waals surface area contributed by atoms with E-state index in [1.54, 1.807) is 7.11 Å². The Morgan fingerprint density at radius 3 is 2.24 bits per heavy atom. The first-order valence-corrected chi connectivity index (χ1v) is 5.45. The van der Waals surface area contributed by atoms with Crippen LogP contribution in [0.2, 0.25) is 0 Å². The Morgan fingerprint density at radius 1 is 1.24 bits per heavy atom. The van der Waals surface area contributed by atoms with Gasteiger partial charge in [0.05, 0.1) is 20.1 Å². The molecule has 0 aliphatic heterocycles. The molecular weight excluding hydrogens is 218 g/mol. The Bertz CT molecular complexity index is 359. The topological polar surface area (TPSA) is 38.8 Å². The lowest BCUT2D eigenvalue weighted by molar-refractivity contribution is -0.142. The molecule has 0 unspecified atom stereocenters. The standard InChI is InChI=1S/C13H19NO3/c1-14(2)9-12(13(15)17-4)10-5-7-11(16-3)8-6-10/h5-8,12H,9H2,1-4H3/t12-/m1/s1. The zero-order valence-electron chi connectivity index (χ0n) is 10.8. The van der Waals surface area contributed by atoms with E-state index in [0.717, 1.165) is 11.3 Å². The molecule has 0 aliphatic carbocycles. The Labute approximate surface area is 102 Å². The lowest BCUT2D eigenvalue weighted by Crippen LogP contribution is -2.27. The van der Waals surface area contributed by atoms with Crippen LogP contribution in [0.4, 0.5) is 0 Å². The van der Waals surface area contributed by atoms with Crippen molar-refractivity contribution in [3.05, 3.63) is 29.8 Å². The number of hydrogen-bond donors (Lipinski definition) is 0. The summed E-state index contributed by atoms with van der Waals surface area (Å²) in [5.74, 6) is 0.298. The molecule has 0 fully saturated rings. The van der Waals surface area contributed by atoms with Crippen molar-refractivity contribution in [1.29, 1.82) is 0 Å². The minimum Gasteiger partial charge on any atom is -0.497 e. The Morgan fingerprint density at radius 2 is 1.82 bits per heavy atom. The van der Waals surface area contributed by atoms with Crippen molar-refractivity contribution in [2.24, 2.45) is 0 Å². The molecule has 1 atom stereocenters. The van der Waals surface area contributed by atoms with Gasteiger partial charge in [0.2, 0.25) is 0 Å². The molecule has 0 spiro atoms. The van der Waals surface area contributed by atoms with Crippen molar-refractivity contribution in [2.75, 3.05) is 34.9 Å². The molecule has 1 rings (SSSR count). The number of nitrogens with zero attached hydrogens (tertiary/aromatic N) is 1. The number of ether oxygens (including phenoxy) is 2. The molecule has 0 aromatic heterocycles. The second-order valence-electron chi connectivity index (χ2n) is 4.11. The number of esters is 1. The van der Waals surface area contributed by atoms with E-state index in [4.69, 9.17) is 9.47 Å². The first kappa shape index (κ1) is 13.5. The summed E-state index contributed by atoms with van der Waals surface area (Å²) in [6, 6.07) is 7.48. The summed E-state index contributed by atoms with van der Waals surface area (Å²) < 4.78 is 9.92. The van der Waals surface area contributed by atoms with Crippen LogP contribution < -0.4 is 4.74 Å². The molecule has 0 radical (unpaired) electrons. The van der Waals surface area contributed by atoms with Crippen molar-refractivity contribution in [3.8, 4) is 5.75 Å². The first-order chi connectivity index (χ1) is 8.08. The molecule has 17 heavy (non-hydrogen) atoms. The van der Waals surface area contributed by atoms with Gasteiger partial charge >= 0.3 is 5.97 Å². The molecule has 0 amide bonds. The van der Waals surface area contributed by atoms with Crippen LogP contribution in [0.5, 0.6) is 5.75 Å². The Hall–Kier alpha value is -1.55. The summed E-state index contributed by atoms with van der Waals surface area (Å²) in [4.78, 5) is 13.7. The molecule has 0 saturated heterocycles. The summed E-state index contributed by atoms with van der Waals surface area (Å²) >= 11 is 0. The summed E-state index contributed by atoms with van der Waals surface area (Å²) in [7, 11) is 6.89. The number of hydrogen-bond acceptors (Lipinski definition) is 4. The van der Waals surface area contributed by atoms with Crippen LogP contribution in [0, 0.1) is 0 Å². The number of carbonyl (C=O) groups excluding carboxylic acids is 1. The maximum atomic E-state index is 11.7. The van der Waals surface area contributed by atoms with E-state index in [2.05, 4.69) is 0 Å². The summed E-state index contributed by atoms with van der Waals surface area (Å²) in [5, 5.41) is 0. The van der Waals surface area contributed by atoms with Crippen LogP contribution in [0.25, 0.3) is 0 Å². The molecule has 1 aromatic rings. The number of methoxy groups -OCH3 is 2. The SMILES string of the molecule is COC(=O)[C@H](CN(C)C)c1ccc(OC)cc1. The highest BCUT2D eigenvalue weighted by Gasteiger charge is 2.22. The predicted octanol–water partition coefficient (Wildman–Crippen LogP) is 1.51. The van der Waals surface area contributed by atoms with Crippen LogP contribution in [0.15, 0.2) is 24.3 Å². The molecule has 0 bridgehead atoms. The van der Waals surface area contributed by atoms with Crippen molar-refractivity contribution >= 4 is 5.97 Å². The minimum atomic E-state index is -0.263. The fraction of sp³-hybridized carbons (Fsp3) is 0.462. The zero-order valence-corrected chi connectivity index (χ0v) is 10.8. The van der Waals surface area contributed by atoms with Gasteiger partial charge in [0.15, 0.2) is 0 Å². The smallest absolute Gasteiger partial charge is 0.314 e. The average molecular weight is 237 g/mol. The maximum Gasteiger partial charge on any atom is 0.314 e. The van der Waals surface area contributed by atoms with Gasteiger partial charge in [0.1, 0.15) is 5.75 Å². The summed E-state index contributed by atoms with van der Waals surface area (Å²) in [6.07, 6.45) is 0. The normalized spacial score (nSPS) is 12.3. The van der Waals surface area contributed by atoms with E-state index in [1.165, 1.54) is 7.11 Å². The molecule has 0 N–H and O–H groups in total. The molecule has 94 valence electrons. The van der Waals surface area contributed by atoms with Gasteiger partial charge in [-0.2, -0.15) is 0 Å². The van der Waals surface area contributed by atoms with Crippen molar-refractivity contribution < 1.29 is 14.3 Å². The third kappa shape index (κ3) is 3.75. The Balaban J connectivity index is 2.91. The fourth-order valence-electron chi connectivity index (χ4n) is 1.66. The quantitative estimate of drug-likeness (QED) is 0.728. The van der Waals surface area contributed by atoms with Crippen molar-refractivity contribution in [3.63, 3.8) is 0 Å². The molecule has 4 heteroatoms. The molecule has 0 aliphatic rings. The highest BCUT2D eigenvalue weighted by molar-refractivity contribution is 5.78. The fourth-order valence-corrected chi connectivity index (χ4v) is 1.66. The van der Waals surface area contributed by atoms with Gasteiger partial charge in [-0.1, -0.05) is 12.1 Å². The molecule has 0 saturated carbocycles. The average Bonchev–Trinajstić information content (AvgIpc) is 2.35. The van der Waals surface area contributed by atoms with Gasteiger partial charge in [0, 0.05) is 6.54 Å². The van der Waals surface area contributed by atoms with Crippen LogP contribution >= 0.6 is 0 Å². The lowest BCUT2D eigenvalue weighted by atomic mass is 9.99. The van der Waals surface area contributed by atoms with Gasteiger partial charge in [-0.3, -0.25) is 4.79 Å². The summed E-state index contributed by atoms with van der Waals surface area (Å²) in [5.41, 5.74) is 0.936. The number of benzene rings is 1. The molecule has 1 aromatic carbocycles. The third-order valence-corrected chi connectivity index (χ3v) is 2.55. The lowest BCUT2D eigenvalue weighted by Gasteiger charge is -2.19. The van der Waals surface area contributed by atoms with Gasteiger partial charge < -0.3 is 14.4 Å². The van der Waals surface area contributed by atoms with Gasteiger partial charge in [0.25, 0.3) is 0 Å². The van der Waals surface area contributed by atoms with E-state index in [0.29, 0.717) is 6.54 Å². The van der Waals surface area contributed by atoms with Gasteiger partial charge in [-0.25, -0.2) is 0 Å². The summed E-state index contributed by atoms with van der Waals surface area (Å²) in [6.45, 7) is 0.624. The zero-order chi connectivity index (χ0) is 12.8. The predicted molar refractivity (Wildman–Crippen MR) is 66.3 cm³/mol. The van der Waals surface area contributed by atoms with Crippen molar-refractivity contribution in [2.45, 2.75) is 5.92 Å². The first-order valence-electron chi connectivity index (χ1n) is 5.45. The highest BCUT2D eigenvalue weighted by atomic mass is 16.5. The van der Waals surface area contributed by atoms with E-state index < -0.39 is 0 Å². The van der Waals surface area contributed by atoms with Gasteiger partial charge in [-0.15, -0.1) is 0 Å². The molecular formula is C13H19NO3. The monoisotopic (exact) mass is 237 g/mol. The van der Waals surface area contributed by atoms with Crippen LogP contribution in [0.3, 0.4) is 0 Å². The molecule has 0 heterocycles. The van der Waals surface area contributed by atoms with Crippen LogP contribution in [-0.4, -0.2) is 45.7 Å². The second-order valence-corrected chi connectivity index (χ2v) is 4.11. The highest BCUT2D eigenvalue weighted by Crippen LogP contribution is 2.21. The minimum absolute atomic E-state index is 0.219. The second kappa shape index (κ2) is 6.25. The van der Waals surface area contributed by atoms with E-state index in [9.17, 15) is 4.79 Å². The van der Waals surface area contributed by atoms with Crippen molar-refractivity contribution in [1.82, 2.24) is 4.90 Å². The maximum absolute atomic E-state index is 11.7. The van der Waals surface area contributed by atoms with Crippen LogP contribution in [-0.2, 0) is 9.53 Å². The number of likely N-dealkylation sites (N-methyl/N-ethyl adjacent to an activating group) is 1. The largest absolute Gasteiger partial charge is 0.497 e.